The molecular formula is C6H12NNaO. The molecule has 0 N–H and O–H groups in total. The molecule has 1 aliphatic rings. The maximum Gasteiger partial charge on any atom is 1.00 e. The van der Waals surface area contributed by atoms with E-state index < -0.39 is 0 Å². The Labute approximate surface area is 78.5 Å². The van der Waals surface area contributed by atoms with E-state index in [1.165, 1.54) is 0 Å². The summed E-state index contributed by atoms with van der Waals surface area (Å²) in [5.41, 5.74) is 0. The smallest absolute Gasteiger partial charge is 0.851 e. The summed E-state index contributed by atoms with van der Waals surface area (Å²) in [4.78, 5) is 2.10. The van der Waals surface area contributed by atoms with Crippen LogP contribution < -0.4 is 34.7 Å². The van der Waals surface area contributed by atoms with Gasteiger partial charge in [0.15, 0.2) is 0 Å². The number of likely N-dealkylation sites (tertiary alicyclic amines) is 1. The maximum atomic E-state index is 10.7. The Morgan fingerprint density at radius 1 is 1.56 bits per heavy atom. The SMILES string of the molecule is CN1CCCC([O-])C1.[Na+]. The maximum absolute atomic E-state index is 10.7. The number of piperidine rings is 1. The van der Waals surface area contributed by atoms with Crippen LogP contribution in [0.5, 0.6) is 0 Å². The Bertz CT molecular complexity index is 71.5. The summed E-state index contributed by atoms with van der Waals surface area (Å²) in [6.07, 6.45) is 1.66. The molecule has 1 saturated heterocycles. The molecule has 1 rings (SSSR count). The monoisotopic (exact) mass is 137 g/mol. The number of likely N-dealkylation sites (N-methyl/N-ethyl adjacent to an activating group) is 1. The molecule has 0 aromatic heterocycles. The van der Waals surface area contributed by atoms with Crippen molar-refractivity contribution >= 4 is 0 Å². The third-order valence-electron chi connectivity index (χ3n) is 1.58. The fraction of sp³-hybridized carbons (Fsp3) is 1.00. The van der Waals surface area contributed by atoms with E-state index in [-0.39, 0.29) is 35.7 Å². The van der Waals surface area contributed by atoms with Crippen LogP contribution in [0.15, 0.2) is 0 Å². The van der Waals surface area contributed by atoms with Crippen LogP contribution >= 0.6 is 0 Å². The summed E-state index contributed by atoms with van der Waals surface area (Å²) >= 11 is 0. The number of rotatable bonds is 0. The standard InChI is InChI=1S/C6H12NO.Na/c1-7-4-2-3-6(8)5-7;/h6H,2-5H2,1H3;/q-1;+1. The minimum atomic E-state index is -0.311. The van der Waals surface area contributed by atoms with Gasteiger partial charge < -0.3 is 10.0 Å². The quantitative estimate of drug-likeness (QED) is 0.323. The Morgan fingerprint density at radius 3 is 2.56 bits per heavy atom. The van der Waals surface area contributed by atoms with Crippen molar-refractivity contribution in [2.45, 2.75) is 18.9 Å². The zero-order valence-electron chi connectivity index (χ0n) is 6.26. The van der Waals surface area contributed by atoms with E-state index in [0.29, 0.717) is 0 Å². The Balaban J connectivity index is 0.000000640. The molecule has 1 unspecified atom stereocenters. The van der Waals surface area contributed by atoms with Crippen molar-refractivity contribution < 1.29 is 34.7 Å². The first-order valence-electron chi connectivity index (χ1n) is 3.13. The van der Waals surface area contributed by atoms with Crippen molar-refractivity contribution in [2.75, 3.05) is 20.1 Å². The van der Waals surface area contributed by atoms with Gasteiger partial charge in [0.05, 0.1) is 0 Å². The molecule has 48 valence electrons. The third kappa shape index (κ3) is 3.58. The van der Waals surface area contributed by atoms with Crippen LogP contribution in [0, 0.1) is 0 Å². The van der Waals surface area contributed by atoms with Crippen molar-refractivity contribution in [3.63, 3.8) is 0 Å². The van der Waals surface area contributed by atoms with Gasteiger partial charge in [0.1, 0.15) is 0 Å². The third-order valence-corrected chi connectivity index (χ3v) is 1.58. The summed E-state index contributed by atoms with van der Waals surface area (Å²) in [7, 11) is 2.00. The second kappa shape index (κ2) is 4.69. The first-order chi connectivity index (χ1) is 3.79. The molecule has 0 aromatic rings. The molecule has 1 heterocycles. The minimum Gasteiger partial charge on any atom is -0.851 e. The molecular weight excluding hydrogens is 125 g/mol. The van der Waals surface area contributed by atoms with Gasteiger partial charge in [-0.1, -0.05) is 6.42 Å². The van der Waals surface area contributed by atoms with Crippen molar-refractivity contribution in [3.05, 3.63) is 0 Å². The molecule has 1 aliphatic heterocycles. The molecule has 2 nitrogen and oxygen atoms in total. The summed E-state index contributed by atoms with van der Waals surface area (Å²) in [6, 6.07) is 0. The second-order valence-corrected chi connectivity index (χ2v) is 2.53. The van der Waals surface area contributed by atoms with Gasteiger partial charge >= 0.3 is 29.6 Å². The molecule has 0 spiro atoms. The fourth-order valence-corrected chi connectivity index (χ4v) is 1.12. The predicted molar refractivity (Wildman–Crippen MR) is 30.5 cm³/mol. The van der Waals surface area contributed by atoms with E-state index >= 15 is 0 Å². The van der Waals surface area contributed by atoms with Crippen molar-refractivity contribution in [1.82, 2.24) is 4.90 Å². The summed E-state index contributed by atoms with van der Waals surface area (Å²) in [5.74, 6) is 0. The van der Waals surface area contributed by atoms with Gasteiger partial charge in [-0.15, -0.1) is 6.10 Å². The van der Waals surface area contributed by atoms with Gasteiger partial charge in [0.25, 0.3) is 0 Å². The molecule has 1 fully saturated rings. The zero-order valence-corrected chi connectivity index (χ0v) is 8.26. The predicted octanol–water partition coefficient (Wildman–Crippen LogP) is -3.56. The Morgan fingerprint density at radius 2 is 2.22 bits per heavy atom. The molecule has 9 heavy (non-hydrogen) atoms. The fourth-order valence-electron chi connectivity index (χ4n) is 1.12. The Hall–Kier alpha value is 0.920. The first kappa shape index (κ1) is 9.92. The van der Waals surface area contributed by atoms with Gasteiger partial charge in [-0.25, -0.2) is 0 Å². The Kier molecular flexibility index (Phi) is 5.17. The number of hydrogen-bond donors (Lipinski definition) is 0. The average Bonchev–Trinajstić information content (AvgIpc) is 1.64. The summed E-state index contributed by atoms with van der Waals surface area (Å²) in [5, 5.41) is 10.7. The number of hydrogen-bond acceptors (Lipinski definition) is 2. The van der Waals surface area contributed by atoms with E-state index in [4.69, 9.17) is 0 Å². The van der Waals surface area contributed by atoms with E-state index in [0.717, 1.165) is 25.9 Å². The van der Waals surface area contributed by atoms with Gasteiger partial charge in [0, 0.05) is 0 Å². The van der Waals surface area contributed by atoms with Crippen molar-refractivity contribution in [1.29, 1.82) is 0 Å². The van der Waals surface area contributed by atoms with E-state index in [1.807, 2.05) is 7.05 Å². The van der Waals surface area contributed by atoms with Crippen LogP contribution in [0.4, 0.5) is 0 Å². The largest absolute Gasteiger partial charge is 1.00 e. The molecule has 0 saturated carbocycles. The molecule has 0 aliphatic carbocycles. The van der Waals surface area contributed by atoms with E-state index in [1.54, 1.807) is 0 Å². The van der Waals surface area contributed by atoms with Gasteiger partial charge in [-0.3, -0.25) is 0 Å². The van der Waals surface area contributed by atoms with Crippen LogP contribution in [0.25, 0.3) is 0 Å². The molecule has 0 radical (unpaired) electrons. The van der Waals surface area contributed by atoms with Crippen LogP contribution in [-0.2, 0) is 0 Å². The van der Waals surface area contributed by atoms with Crippen molar-refractivity contribution in [3.8, 4) is 0 Å². The van der Waals surface area contributed by atoms with Crippen LogP contribution in [0.3, 0.4) is 0 Å². The molecule has 0 amide bonds. The number of nitrogens with zero attached hydrogens (tertiary/aromatic N) is 1. The van der Waals surface area contributed by atoms with Gasteiger partial charge in [0.2, 0.25) is 0 Å². The second-order valence-electron chi connectivity index (χ2n) is 2.53. The van der Waals surface area contributed by atoms with Gasteiger partial charge in [-0.2, -0.15) is 0 Å². The zero-order chi connectivity index (χ0) is 5.98. The van der Waals surface area contributed by atoms with Crippen LogP contribution in [0.1, 0.15) is 12.8 Å². The molecule has 1 atom stereocenters. The van der Waals surface area contributed by atoms with E-state index in [2.05, 4.69) is 4.90 Å². The minimum absolute atomic E-state index is 0. The summed E-state index contributed by atoms with van der Waals surface area (Å²) in [6.45, 7) is 1.86. The van der Waals surface area contributed by atoms with Crippen LogP contribution in [-0.4, -0.2) is 31.1 Å². The van der Waals surface area contributed by atoms with Crippen LogP contribution in [0.2, 0.25) is 0 Å². The summed E-state index contributed by atoms with van der Waals surface area (Å²) < 4.78 is 0. The van der Waals surface area contributed by atoms with Gasteiger partial charge in [-0.05, 0) is 26.6 Å². The molecule has 3 heteroatoms. The van der Waals surface area contributed by atoms with E-state index in [9.17, 15) is 5.11 Å². The first-order valence-corrected chi connectivity index (χ1v) is 3.13. The average molecular weight is 137 g/mol. The molecule has 0 aromatic carbocycles. The molecule has 0 bridgehead atoms. The van der Waals surface area contributed by atoms with Crippen molar-refractivity contribution in [2.24, 2.45) is 0 Å². The topological polar surface area (TPSA) is 26.3 Å². The normalized spacial score (nSPS) is 29.3.